The predicted molar refractivity (Wildman–Crippen MR) is 59.2 cm³/mol. The predicted octanol–water partition coefficient (Wildman–Crippen LogP) is 1.43. The number of carbonyl (C=O) groups excluding carboxylic acids is 1. The number of carbonyl (C=O) groups is 1. The van der Waals surface area contributed by atoms with Crippen LogP contribution in [0.5, 0.6) is 0 Å². The van der Waals surface area contributed by atoms with E-state index in [9.17, 15) is 4.79 Å². The van der Waals surface area contributed by atoms with Gasteiger partial charge in [0.25, 0.3) is 0 Å². The summed E-state index contributed by atoms with van der Waals surface area (Å²) in [6, 6.07) is 5.54. The van der Waals surface area contributed by atoms with Crippen molar-refractivity contribution in [3.63, 3.8) is 0 Å². The molecule has 0 radical (unpaired) electrons. The fourth-order valence-corrected chi connectivity index (χ4v) is 1.99. The van der Waals surface area contributed by atoms with Gasteiger partial charge in [0.05, 0.1) is 12.2 Å². The molecule has 1 amide bonds. The van der Waals surface area contributed by atoms with Gasteiger partial charge in [0, 0.05) is 4.47 Å². The lowest BCUT2D eigenvalue weighted by Crippen LogP contribution is -2.61. The first-order valence-electron chi connectivity index (χ1n) is 4.43. The zero-order chi connectivity index (χ0) is 10.3. The van der Waals surface area contributed by atoms with E-state index in [1.165, 1.54) is 0 Å². The highest BCUT2D eigenvalue weighted by atomic mass is 79.9. The lowest BCUT2D eigenvalue weighted by Gasteiger charge is -2.36. The van der Waals surface area contributed by atoms with E-state index < -0.39 is 0 Å². The van der Waals surface area contributed by atoms with Crippen molar-refractivity contribution < 1.29 is 4.79 Å². The summed E-state index contributed by atoms with van der Waals surface area (Å²) in [5.74, 6) is -0.00343. The molecular formula is C10H11BrN2O. The lowest BCUT2D eigenvalue weighted by atomic mass is 10.1. The van der Waals surface area contributed by atoms with Gasteiger partial charge < -0.3 is 10.6 Å². The van der Waals surface area contributed by atoms with E-state index in [2.05, 4.69) is 15.9 Å². The minimum atomic E-state index is -0.317. The zero-order valence-electron chi connectivity index (χ0n) is 7.83. The Labute approximate surface area is 91.0 Å². The summed E-state index contributed by atoms with van der Waals surface area (Å²) < 4.78 is 0.972. The Morgan fingerprint density at radius 3 is 2.86 bits per heavy atom. The fourth-order valence-electron chi connectivity index (χ4n) is 1.51. The van der Waals surface area contributed by atoms with E-state index >= 15 is 0 Å². The zero-order valence-corrected chi connectivity index (χ0v) is 9.41. The maximum atomic E-state index is 11.4. The van der Waals surface area contributed by atoms with Crippen LogP contribution in [0.25, 0.3) is 0 Å². The van der Waals surface area contributed by atoms with Gasteiger partial charge in [-0.2, -0.15) is 0 Å². The number of aryl methyl sites for hydroxylation is 1. The Morgan fingerprint density at radius 2 is 2.29 bits per heavy atom. The first-order valence-corrected chi connectivity index (χ1v) is 5.22. The van der Waals surface area contributed by atoms with Crippen LogP contribution < -0.4 is 10.6 Å². The van der Waals surface area contributed by atoms with Crippen molar-refractivity contribution in [2.45, 2.75) is 13.0 Å². The quantitative estimate of drug-likeness (QED) is 0.771. The first-order chi connectivity index (χ1) is 6.61. The second kappa shape index (κ2) is 3.37. The Kier molecular flexibility index (Phi) is 2.33. The largest absolute Gasteiger partial charge is 0.318 e. The minimum absolute atomic E-state index is 0.00343. The van der Waals surface area contributed by atoms with E-state index in [-0.39, 0.29) is 11.9 Å². The Balaban J connectivity index is 2.34. The van der Waals surface area contributed by atoms with Gasteiger partial charge in [0.1, 0.15) is 6.04 Å². The number of hydrogen-bond donors (Lipinski definition) is 1. The Morgan fingerprint density at radius 1 is 1.57 bits per heavy atom. The molecule has 0 aromatic heterocycles. The maximum Gasteiger partial charge on any atom is 0.245 e. The number of nitrogens with zero attached hydrogens (tertiary/aromatic N) is 1. The van der Waals surface area contributed by atoms with Crippen LogP contribution in [0.3, 0.4) is 0 Å². The van der Waals surface area contributed by atoms with Crippen molar-refractivity contribution in [2.75, 3.05) is 11.4 Å². The summed E-state index contributed by atoms with van der Waals surface area (Å²) in [5.41, 5.74) is 7.57. The van der Waals surface area contributed by atoms with Crippen LogP contribution in [0.4, 0.5) is 5.69 Å². The van der Waals surface area contributed by atoms with Crippen LogP contribution in [0.1, 0.15) is 5.56 Å². The molecule has 2 rings (SSSR count). The van der Waals surface area contributed by atoms with E-state index in [1.807, 2.05) is 25.1 Å². The third-order valence-electron chi connectivity index (χ3n) is 2.42. The highest BCUT2D eigenvalue weighted by molar-refractivity contribution is 9.10. The fraction of sp³-hybridized carbons (Fsp3) is 0.300. The average molecular weight is 255 g/mol. The van der Waals surface area contributed by atoms with E-state index in [1.54, 1.807) is 4.90 Å². The monoisotopic (exact) mass is 254 g/mol. The number of β-lactam (4-membered cyclic amide) rings is 1. The lowest BCUT2D eigenvalue weighted by molar-refractivity contribution is -0.123. The summed E-state index contributed by atoms with van der Waals surface area (Å²) >= 11 is 3.47. The number of benzene rings is 1. The van der Waals surface area contributed by atoms with Gasteiger partial charge in [-0.15, -0.1) is 0 Å². The van der Waals surface area contributed by atoms with Gasteiger partial charge in [-0.3, -0.25) is 4.79 Å². The molecule has 1 saturated heterocycles. The molecule has 2 N–H and O–H groups in total. The molecule has 74 valence electrons. The summed E-state index contributed by atoms with van der Waals surface area (Å²) in [4.78, 5) is 13.1. The van der Waals surface area contributed by atoms with Gasteiger partial charge in [-0.05, 0) is 34.5 Å². The van der Waals surface area contributed by atoms with Gasteiger partial charge >= 0.3 is 0 Å². The molecule has 1 aromatic rings. The highest BCUT2D eigenvalue weighted by Gasteiger charge is 2.35. The topological polar surface area (TPSA) is 46.3 Å². The molecule has 1 atom stereocenters. The van der Waals surface area contributed by atoms with E-state index in [0.29, 0.717) is 6.54 Å². The molecule has 0 spiro atoms. The Hall–Kier alpha value is -0.870. The molecule has 1 aliphatic rings. The molecule has 1 unspecified atom stereocenters. The van der Waals surface area contributed by atoms with Gasteiger partial charge in [-0.1, -0.05) is 12.1 Å². The first kappa shape index (κ1) is 9.68. The van der Waals surface area contributed by atoms with Gasteiger partial charge in [-0.25, -0.2) is 0 Å². The van der Waals surface area contributed by atoms with Crippen LogP contribution >= 0.6 is 15.9 Å². The Bertz CT molecular complexity index is 392. The number of amides is 1. The van der Waals surface area contributed by atoms with Crippen molar-refractivity contribution in [3.8, 4) is 0 Å². The number of hydrogen-bond acceptors (Lipinski definition) is 2. The van der Waals surface area contributed by atoms with Gasteiger partial charge in [0.15, 0.2) is 0 Å². The highest BCUT2D eigenvalue weighted by Crippen LogP contribution is 2.32. The van der Waals surface area contributed by atoms with Crippen LogP contribution in [0.15, 0.2) is 22.7 Å². The number of rotatable bonds is 1. The van der Waals surface area contributed by atoms with Crippen molar-refractivity contribution in [2.24, 2.45) is 5.73 Å². The smallest absolute Gasteiger partial charge is 0.245 e. The SMILES string of the molecule is Cc1cccc(N2CC(N)C2=O)c1Br. The molecule has 1 heterocycles. The average Bonchev–Trinajstić information content (AvgIpc) is 2.19. The van der Waals surface area contributed by atoms with Crippen LogP contribution in [0, 0.1) is 6.92 Å². The molecule has 0 saturated carbocycles. The summed E-state index contributed by atoms with van der Waals surface area (Å²) in [5, 5.41) is 0. The van der Waals surface area contributed by atoms with Crippen molar-refractivity contribution in [3.05, 3.63) is 28.2 Å². The number of halogens is 1. The molecular weight excluding hydrogens is 244 g/mol. The number of nitrogens with two attached hydrogens (primary N) is 1. The molecule has 1 aromatic carbocycles. The molecule has 0 bridgehead atoms. The standard InChI is InChI=1S/C10H11BrN2O/c1-6-3-2-4-8(9(6)11)13-5-7(12)10(13)14/h2-4,7H,5,12H2,1H3. The molecule has 0 aliphatic carbocycles. The summed E-state index contributed by atoms with van der Waals surface area (Å²) in [7, 11) is 0. The van der Waals surface area contributed by atoms with E-state index in [4.69, 9.17) is 5.73 Å². The van der Waals surface area contributed by atoms with Crippen molar-refractivity contribution >= 4 is 27.5 Å². The minimum Gasteiger partial charge on any atom is -0.318 e. The molecule has 14 heavy (non-hydrogen) atoms. The molecule has 1 fully saturated rings. The third kappa shape index (κ3) is 1.35. The van der Waals surface area contributed by atoms with Gasteiger partial charge in [0.2, 0.25) is 5.91 Å². The number of anilines is 1. The second-order valence-corrected chi connectivity index (χ2v) is 4.26. The molecule has 3 nitrogen and oxygen atoms in total. The normalized spacial score (nSPS) is 20.9. The van der Waals surface area contributed by atoms with Crippen LogP contribution in [-0.4, -0.2) is 18.5 Å². The molecule has 1 aliphatic heterocycles. The third-order valence-corrected chi connectivity index (χ3v) is 3.46. The van der Waals surface area contributed by atoms with Crippen LogP contribution in [0.2, 0.25) is 0 Å². The summed E-state index contributed by atoms with van der Waals surface area (Å²) in [6.45, 7) is 2.61. The second-order valence-electron chi connectivity index (χ2n) is 3.46. The van der Waals surface area contributed by atoms with Crippen LogP contribution in [-0.2, 0) is 4.79 Å². The summed E-state index contributed by atoms with van der Waals surface area (Å²) in [6.07, 6.45) is 0. The molecule has 4 heteroatoms. The maximum absolute atomic E-state index is 11.4. The van der Waals surface area contributed by atoms with Crippen molar-refractivity contribution in [1.82, 2.24) is 0 Å². The van der Waals surface area contributed by atoms with Crippen molar-refractivity contribution in [1.29, 1.82) is 0 Å². The van der Waals surface area contributed by atoms with E-state index in [0.717, 1.165) is 15.7 Å².